The summed E-state index contributed by atoms with van der Waals surface area (Å²) in [6.45, 7) is 7.87. The summed E-state index contributed by atoms with van der Waals surface area (Å²) in [5.41, 5.74) is -0.352. The Bertz CT molecular complexity index is 1090. The summed E-state index contributed by atoms with van der Waals surface area (Å²) >= 11 is 0. The van der Waals surface area contributed by atoms with E-state index in [0.29, 0.717) is 12.8 Å². The second kappa shape index (κ2) is 30.6. The van der Waals surface area contributed by atoms with Crippen LogP contribution in [0, 0.1) is 0 Å². The zero-order chi connectivity index (χ0) is 33.7. The molecule has 0 spiro atoms. The van der Waals surface area contributed by atoms with E-state index in [1.807, 2.05) is 12.2 Å². The molecule has 0 radical (unpaired) electrons. The Morgan fingerprint density at radius 3 is 1.21 bits per heavy atom. The molecule has 0 aliphatic rings. The fraction of sp³-hybridized carbons (Fsp3) is 0.684. The maximum atomic E-state index is 12.8. The molecule has 1 aromatic carbocycles. The standard InChI is InChI=1S/C38H62O7S.Na/c1-3-5-7-9-11-13-15-17-19-21-23-25-27-31-44-37(39)35-30-29-34(46(41,42)43)33-36(35)38(40)45-32-28-26-24-22-20-18-16-14-12-10-8-6-4-2;/h3-4,29-30,33H,1-2,5-28,31-32H2,(H,41,42,43);/q;+1/p-1. The maximum absolute atomic E-state index is 12.8. The molecule has 0 amide bonds. The summed E-state index contributed by atoms with van der Waals surface area (Å²) in [4.78, 5) is 25.0. The van der Waals surface area contributed by atoms with Crippen molar-refractivity contribution in [2.24, 2.45) is 0 Å². The minimum atomic E-state index is -4.81. The van der Waals surface area contributed by atoms with Crippen LogP contribution in [0.2, 0.25) is 0 Å². The third-order valence-electron chi connectivity index (χ3n) is 8.29. The molecule has 0 N–H and O–H groups in total. The van der Waals surface area contributed by atoms with Crippen molar-refractivity contribution in [3.05, 3.63) is 54.6 Å². The molecule has 0 unspecified atom stereocenters. The van der Waals surface area contributed by atoms with Gasteiger partial charge in [-0.1, -0.05) is 128 Å². The number of allylic oxidation sites excluding steroid dienone is 2. The average Bonchev–Trinajstić information content (AvgIpc) is 3.04. The van der Waals surface area contributed by atoms with E-state index in [2.05, 4.69) is 13.2 Å². The zero-order valence-corrected chi connectivity index (χ0v) is 32.3. The number of carbonyl (C=O) groups is 2. The van der Waals surface area contributed by atoms with Crippen molar-refractivity contribution in [3.8, 4) is 0 Å². The third kappa shape index (κ3) is 24.4. The van der Waals surface area contributed by atoms with Crippen LogP contribution in [0.3, 0.4) is 0 Å². The van der Waals surface area contributed by atoms with E-state index in [9.17, 15) is 22.6 Å². The van der Waals surface area contributed by atoms with Crippen LogP contribution in [0.15, 0.2) is 48.4 Å². The number of esters is 2. The molecule has 0 fully saturated rings. The van der Waals surface area contributed by atoms with E-state index < -0.39 is 27.0 Å². The van der Waals surface area contributed by atoms with Crippen molar-refractivity contribution in [3.63, 3.8) is 0 Å². The molecule has 0 aliphatic carbocycles. The SMILES string of the molecule is C=CCCCCCCCCCCCCCOC(=O)c1ccc(S(=O)(=O)[O-])cc1C(=O)OCCCCCCCCCCCCCC=C.[Na+]. The topological polar surface area (TPSA) is 110 Å². The normalized spacial score (nSPS) is 11.1. The monoisotopic (exact) mass is 684 g/mol. The van der Waals surface area contributed by atoms with Crippen molar-refractivity contribution in [2.75, 3.05) is 13.2 Å². The molecule has 0 aromatic heterocycles. The number of unbranched alkanes of at least 4 members (excludes halogenated alkanes) is 22. The van der Waals surface area contributed by atoms with E-state index >= 15 is 0 Å². The first-order chi connectivity index (χ1) is 22.3. The van der Waals surface area contributed by atoms with Crippen LogP contribution in [0.1, 0.15) is 175 Å². The summed E-state index contributed by atoms with van der Waals surface area (Å²) < 4.78 is 45.5. The minimum Gasteiger partial charge on any atom is -0.744 e. The van der Waals surface area contributed by atoms with Crippen LogP contribution in [0.5, 0.6) is 0 Å². The molecule has 0 saturated heterocycles. The smallest absolute Gasteiger partial charge is 0.744 e. The van der Waals surface area contributed by atoms with Crippen molar-refractivity contribution in [2.45, 2.75) is 159 Å². The van der Waals surface area contributed by atoms with Gasteiger partial charge in [-0.2, -0.15) is 0 Å². The van der Waals surface area contributed by atoms with E-state index in [0.717, 1.165) is 69.6 Å². The molecule has 47 heavy (non-hydrogen) atoms. The summed E-state index contributed by atoms with van der Waals surface area (Å²) in [6, 6.07) is 3.10. The number of rotatable bonds is 31. The average molecular weight is 685 g/mol. The van der Waals surface area contributed by atoms with E-state index in [1.165, 1.54) is 89.9 Å². The van der Waals surface area contributed by atoms with Gasteiger partial charge in [-0.15, -0.1) is 13.2 Å². The van der Waals surface area contributed by atoms with Gasteiger partial charge >= 0.3 is 41.5 Å². The second-order valence-electron chi connectivity index (χ2n) is 12.4. The first-order valence-corrected chi connectivity index (χ1v) is 19.4. The Labute approximate surface area is 308 Å². The van der Waals surface area contributed by atoms with Gasteiger partial charge in [0.1, 0.15) is 10.1 Å². The molecule has 1 aromatic rings. The third-order valence-corrected chi connectivity index (χ3v) is 9.12. The van der Waals surface area contributed by atoms with Gasteiger partial charge in [-0.3, -0.25) is 0 Å². The molecule has 0 aliphatic heterocycles. The van der Waals surface area contributed by atoms with Crippen LogP contribution in [-0.4, -0.2) is 38.1 Å². The molecular weight excluding hydrogens is 623 g/mol. The summed E-state index contributed by atoms with van der Waals surface area (Å²) in [7, 11) is -4.81. The predicted octanol–water partition coefficient (Wildman–Crippen LogP) is 7.64. The number of ether oxygens (including phenoxy) is 2. The van der Waals surface area contributed by atoms with Crippen LogP contribution in [0.4, 0.5) is 0 Å². The number of hydrogen-bond acceptors (Lipinski definition) is 7. The van der Waals surface area contributed by atoms with Crippen molar-refractivity contribution in [1.29, 1.82) is 0 Å². The van der Waals surface area contributed by atoms with Crippen molar-refractivity contribution < 1.29 is 61.6 Å². The van der Waals surface area contributed by atoms with Gasteiger partial charge in [0.25, 0.3) is 0 Å². The van der Waals surface area contributed by atoms with Gasteiger partial charge in [-0.25, -0.2) is 18.0 Å². The van der Waals surface area contributed by atoms with Gasteiger partial charge in [0.2, 0.25) is 0 Å². The summed E-state index contributed by atoms with van der Waals surface area (Å²) in [5, 5.41) is 0. The predicted molar refractivity (Wildman–Crippen MR) is 186 cm³/mol. The van der Waals surface area contributed by atoms with E-state index in [-0.39, 0.29) is 53.9 Å². The second-order valence-corrected chi connectivity index (χ2v) is 13.7. The minimum absolute atomic E-state index is 0. The van der Waals surface area contributed by atoms with Crippen LogP contribution in [0.25, 0.3) is 0 Å². The molecule has 262 valence electrons. The molecule has 0 atom stereocenters. The fourth-order valence-electron chi connectivity index (χ4n) is 5.47. The Balaban J connectivity index is 0.0000212. The van der Waals surface area contributed by atoms with Crippen molar-refractivity contribution in [1.82, 2.24) is 0 Å². The Morgan fingerprint density at radius 2 is 0.872 bits per heavy atom. The van der Waals surface area contributed by atoms with Crippen LogP contribution >= 0.6 is 0 Å². The fourth-order valence-corrected chi connectivity index (χ4v) is 5.97. The van der Waals surface area contributed by atoms with Gasteiger partial charge in [0.15, 0.2) is 0 Å². The Morgan fingerprint density at radius 1 is 0.553 bits per heavy atom. The zero-order valence-electron chi connectivity index (χ0n) is 29.5. The summed E-state index contributed by atoms with van der Waals surface area (Å²) in [5.74, 6) is -1.56. The first-order valence-electron chi connectivity index (χ1n) is 18.0. The Kier molecular flexibility index (Phi) is 29.7. The number of carbonyl (C=O) groups excluding carboxylic acids is 2. The molecule has 0 heterocycles. The van der Waals surface area contributed by atoms with E-state index in [1.54, 1.807) is 0 Å². The molecule has 9 heteroatoms. The van der Waals surface area contributed by atoms with Gasteiger partial charge in [0.05, 0.1) is 29.2 Å². The van der Waals surface area contributed by atoms with E-state index in [4.69, 9.17) is 9.47 Å². The molecule has 7 nitrogen and oxygen atoms in total. The quantitative estimate of drug-likeness (QED) is 0.0260. The summed E-state index contributed by atoms with van der Waals surface area (Å²) in [6.07, 6.45) is 31.5. The van der Waals surface area contributed by atoms with Crippen LogP contribution in [-0.2, 0) is 19.6 Å². The number of hydrogen-bond donors (Lipinski definition) is 0. The maximum Gasteiger partial charge on any atom is 1.00 e. The number of benzene rings is 1. The van der Waals surface area contributed by atoms with Gasteiger partial charge < -0.3 is 14.0 Å². The largest absolute Gasteiger partial charge is 1.00 e. The van der Waals surface area contributed by atoms with Crippen LogP contribution < -0.4 is 29.6 Å². The molecular formula is C38H61NaO7S. The van der Waals surface area contributed by atoms with Crippen molar-refractivity contribution >= 4 is 22.1 Å². The molecule has 1 rings (SSSR count). The van der Waals surface area contributed by atoms with Gasteiger partial charge in [-0.05, 0) is 56.7 Å². The molecule has 0 bridgehead atoms. The van der Waals surface area contributed by atoms with Gasteiger partial charge in [0, 0.05) is 0 Å². The molecule has 0 saturated carbocycles. The first kappa shape index (κ1) is 45.6. The Hall–Kier alpha value is -1.45.